The highest BCUT2D eigenvalue weighted by molar-refractivity contribution is 5.71. The second kappa shape index (κ2) is 7.14. The van der Waals surface area contributed by atoms with Gasteiger partial charge in [-0.25, -0.2) is 9.24 Å². The Kier molecular flexibility index (Phi) is 4.37. The summed E-state index contributed by atoms with van der Waals surface area (Å²) in [6, 6.07) is 22.5. The lowest BCUT2D eigenvalue weighted by molar-refractivity contribution is 0.628. The normalized spacial score (nSPS) is 10.2. The molecule has 4 rings (SSSR count). The monoisotopic (exact) mass is 365 g/mol. The predicted molar refractivity (Wildman–Crippen MR) is 103 cm³/mol. The minimum atomic E-state index is -0.335. The number of hydrogen-bond acceptors (Lipinski definition) is 3. The van der Waals surface area contributed by atoms with Crippen LogP contribution in [-0.2, 0) is 0 Å². The molecule has 0 aliphatic carbocycles. The van der Waals surface area contributed by atoms with Crippen molar-refractivity contribution < 1.29 is 4.39 Å². The molecule has 0 aliphatic heterocycles. The Balaban J connectivity index is 1.98. The largest absolute Gasteiger partial charge is 0.275 e. The molecular weight excluding hydrogens is 353 g/mol. The van der Waals surface area contributed by atoms with Gasteiger partial charge in [-0.1, -0.05) is 18.2 Å². The molecule has 0 spiro atoms. The molecular formula is C22H12FN5. The molecule has 6 heteroatoms. The van der Waals surface area contributed by atoms with Gasteiger partial charge in [0, 0.05) is 22.4 Å². The van der Waals surface area contributed by atoms with E-state index >= 15 is 0 Å². The van der Waals surface area contributed by atoms with Crippen molar-refractivity contribution in [2.75, 3.05) is 0 Å². The lowest BCUT2D eigenvalue weighted by Crippen LogP contribution is -2.00. The van der Waals surface area contributed by atoms with E-state index in [9.17, 15) is 9.65 Å². The van der Waals surface area contributed by atoms with Crippen molar-refractivity contribution in [2.24, 2.45) is 0 Å². The maximum atomic E-state index is 13.4. The maximum Gasteiger partial charge on any atom is 0.189 e. The Morgan fingerprint density at radius 3 is 2.21 bits per heavy atom. The number of hydrogen-bond donors (Lipinski definition) is 0. The molecule has 0 saturated heterocycles. The molecule has 1 aromatic heterocycles. The van der Waals surface area contributed by atoms with E-state index in [0.29, 0.717) is 34.0 Å². The Labute approximate surface area is 160 Å². The standard InChI is InChI=1S/C22H12FN5/c1-25-19-12-15(14-24)11-17(13-19)22-27-26-21(16-7-9-18(23)10-8-16)28(22)20-5-3-2-4-6-20/h2-13H. The molecule has 132 valence electrons. The first kappa shape index (κ1) is 17.1. The predicted octanol–water partition coefficient (Wildman–Crippen LogP) is 5.16. The van der Waals surface area contributed by atoms with Crippen molar-refractivity contribution in [3.63, 3.8) is 0 Å². The Bertz CT molecular complexity index is 1200. The minimum Gasteiger partial charge on any atom is -0.275 e. The quantitative estimate of drug-likeness (QED) is 0.471. The molecule has 3 aromatic carbocycles. The fraction of sp³-hybridized carbons (Fsp3) is 0. The number of aromatic nitrogens is 3. The highest BCUT2D eigenvalue weighted by Crippen LogP contribution is 2.31. The molecule has 0 unspecified atom stereocenters. The molecule has 0 fully saturated rings. The third-order valence-corrected chi connectivity index (χ3v) is 4.21. The Morgan fingerprint density at radius 1 is 0.893 bits per heavy atom. The summed E-state index contributed by atoms with van der Waals surface area (Å²) in [6.07, 6.45) is 0. The van der Waals surface area contributed by atoms with Gasteiger partial charge in [0.1, 0.15) is 5.82 Å². The summed E-state index contributed by atoms with van der Waals surface area (Å²) >= 11 is 0. The first-order valence-corrected chi connectivity index (χ1v) is 8.39. The second-order valence-corrected chi connectivity index (χ2v) is 6.02. The first-order valence-electron chi connectivity index (χ1n) is 8.39. The van der Waals surface area contributed by atoms with Gasteiger partial charge >= 0.3 is 0 Å². The van der Waals surface area contributed by atoms with E-state index in [0.717, 1.165) is 5.69 Å². The van der Waals surface area contributed by atoms with Gasteiger partial charge in [-0.3, -0.25) is 4.57 Å². The molecule has 28 heavy (non-hydrogen) atoms. The van der Waals surface area contributed by atoms with Crippen LogP contribution in [0.5, 0.6) is 0 Å². The van der Waals surface area contributed by atoms with E-state index < -0.39 is 0 Å². The molecule has 0 N–H and O–H groups in total. The maximum absolute atomic E-state index is 13.4. The summed E-state index contributed by atoms with van der Waals surface area (Å²) in [7, 11) is 0. The van der Waals surface area contributed by atoms with Crippen LogP contribution < -0.4 is 0 Å². The van der Waals surface area contributed by atoms with Crippen molar-refractivity contribution in [1.82, 2.24) is 14.8 Å². The summed E-state index contributed by atoms with van der Waals surface area (Å²) in [4.78, 5) is 3.44. The van der Waals surface area contributed by atoms with Crippen molar-refractivity contribution in [3.05, 3.63) is 95.6 Å². The van der Waals surface area contributed by atoms with E-state index in [1.807, 2.05) is 34.9 Å². The lowest BCUT2D eigenvalue weighted by atomic mass is 10.1. The van der Waals surface area contributed by atoms with Crippen LogP contribution in [-0.4, -0.2) is 14.8 Å². The first-order chi connectivity index (χ1) is 13.7. The van der Waals surface area contributed by atoms with Gasteiger partial charge < -0.3 is 0 Å². The number of nitriles is 1. The summed E-state index contributed by atoms with van der Waals surface area (Å²) in [5.74, 6) is 0.693. The topological polar surface area (TPSA) is 58.9 Å². The highest BCUT2D eigenvalue weighted by Gasteiger charge is 2.18. The SMILES string of the molecule is [C-]#[N+]c1cc(C#N)cc(-c2nnc(-c3ccc(F)cc3)n2-c2ccccc2)c1. The van der Waals surface area contributed by atoms with E-state index in [2.05, 4.69) is 21.1 Å². The highest BCUT2D eigenvalue weighted by atomic mass is 19.1. The van der Waals surface area contributed by atoms with Gasteiger partial charge in [-0.2, -0.15) is 5.26 Å². The van der Waals surface area contributed by atoms with Gasteiger partial charge in [0.2, 0.25) is 0 Å². The number of halogens is 1. The number of para-hydroxylation sites is 1. The molecule has 0 amide bonds. The number of nitrogens with zero attached hydrogens (tertiary/aromatic N) is 5. The number of rotatable bonds is 3. The van der Waals surface area contributed by atoms with Crippen molar-refractivity contribution in [3.8, 4) is 34.5 Å². The van der Waals surface area contributed by atoms with Crippen LogP contribution in [0.25, 0.3) is 33.3 Å². The molecule has 5 nitrogen and oxygen atoms in total. The van der Waals surface area contributed by atoms with Crippen molar-refractivity contribution in [1.29, 1.82) is 5.26 Å². The molecule has 0 saturated carbocycles. The van der Waals surface area contributed by atoms with Gasteiger partial charge in [-0.05, 0) is 54.6 Å². The molecule has 0 bridgehead atoms. The summed E-state index contributed by atoms with van der Waals surface area (Å²) in [5.41, 5.74) is 2.84. The van der Waals surface area contributed by atoms with Gasteiger partial charge in [0.25, 0.3) is 0 Å². The third-order valence-electron chi connectivity index (χ3n) is 4.21. The Morgan fingerprint density at radius 2 is 1.57 bits per heavy atom. The lowest BCUT2D eigenvalue weighted by Gasteiger charge is -2.11. The zero-order valence-electron chi connectivity index (χ0n) is 14.5. The smallest absolute Gasteiger partial charge is 0.189 e. The molecule has 1 heterocycles. The summed E-state index contributed by atoms with van der Waals surface area (Å²) < 4.78 is 15.2. The average Bonchev–Trinajstić information content (AvgIpc) is 3.19. The molecule has 0 radical (unpaired) electrons. The van der Waals surface area contributed by atoms with Crippen LogP contribution in [0.15, 0.2) is 72.8 Å². The van der Waals surface area contributed by atoms with Crippen molar-refractivity contribution >= 4 is 5.69 Å². The van der Waals surface area contributed by atoms with Crippen LogP contribution in [0.1, 0.15) is 5.56 Å². The van der Waals surface area contributed by atoms with Gasteiger partial charge in [0.15, 0.2) is 17.3 Å². The van der Waals surface area contributed by atoms with Crippen LogP contribution in [0.3, 0.4) is 0 Å². The van der Waals surface area contributed by atoms with E-state index in [-0.39, 0.29) is 5.82 Å². The molecule has 0 aliphatic rings. The van der Waals surface area contributed by atoms with Crippen molar-refractivity contribution in [2.45, 2.75) is 0 Å². The van der Waals surface area contributed by atoms with Crippen LogP contribution in [0.4, 0.5) is 10.1 Å². The fourth-order valence-corrected chi connectivity index (χ4v) is 2.95. The number of benzene rings is 3. The summed E-state index contributed by atoms with van der Waals surface area (Å²) in [6.45, 7) is 7.29. The van der Waals surface area contributed by atoms with Crippen LogP contribution in [0.2, 0.25) is 0 Å². The van der Waals surface area contributed by atoms with Gasteiger partial charge in [-0.15, -0.1) is 10.2 Å². The minimum absolute atomic E-state index is 0.335. The molecule has 4 aromatic rings. The third kappa shape index (κ3) is 3.11. The van der Waals surface area contributed by atoms with E-state index in [4.69, 9.17) is 6.57 Å². The van der Waals surface area contributed by atoms with E-state index in [1.165, 1.54) is 18.2 Å². The zero-order valence-corrected chi connectivity index (χ0v) is 14.5. The van der Waals surface area contributed by atoms with Crippen LogP contribution in [0, 0.1) is 23.7 Å². The van der Waals surface area contributed by atoms with Gasteiger partial charge in [0.05, 0.1) is 12.6 Å². The Hall–Kier alpha value is -4.29. The fourth-order valence-electron chi connectivity index (χ4n) is 2.95. The average molecular weight is 365 g/mol. The zero-order chi connectivity index (χ0) is 19.5. The molecule has 0 atom stereocenters. The summed E-state index contributed by atoms with van der Waals surface area (Å²) in [5, 5.41) is 17.9. The van der Waals surface area contributed by atoms with E-state index in [1.54, 1.807) is 24.3 Å². The second-order valence-electron chi connectivity index (χ2n) is 6.02. The van der Waals surface area contributed by atoms with Crippen LogP contribution >= 0.6 is 0 Å².